The third-order valence-corrected chi connectivity index (χ3v) is 5.03. The summed E-state index contributed by atoms with van der Waals surface area (Å²) in [5, 5.41) is 2.91. The van der Waals surface area contributed by atoms with Crippen molar-refractivity contribution in [3.05, 3.63) is 65.5 Å². The molecule has 1 N–H and O–H groups in total. The molecule has 0 bridgehead atoms. The number of hydrogen-bond donors (Lipinski definition) is 1. The van der Waals surface area contributed by atoms with Crippen molar-refractivity contribution >= 4 is 5.91 Å². The molecule has 1 heterocycles. The fraction of sp³-hybridized carbons (Fsp3) is 0.435. The van der Waals surface area contributed by atoms with Crippen LogP contribution in [0.25, 0.3) is 0 Å². The molecule has 1 aliphatic rings. The minimum absolute atomic E-state index is 0.0595. The van der Waals surface area contributed by atoms with E-state index >= 15 is 0 Å². The number of halogens is 1. The smallest absolute Gasteiger partial charge is 0.223 e. The number of carbonyl (C=O) groups excluding carboxylic acids is 1. The number of nitrogens with zero attached hydrogens (tertiary/aromatic N) is 1. The van der Waals surface area contributed by atoms with Gasteiger partial charge in [-0.25, -0.2) is 4.39 Å². The van der Waals surface area contributed by atoms with E-state index < -0.39 is 0 Å². The van der Waals surface area contributed by atoms with E-state index in [1.165, 1.54) is 56.5 Å². The fourth-order valence-corrected chi connectivity index (χ4v) is 3.40. The Kier molecular flexibility index (Phi) is 7.85. The minimum Gasteiger partial charge on any atom is -0.493 e. The zero-order valence-electron chi connectivity index (χ0n) is 16.3. The first-order valence-corrected chi connectivity index (χ1v) is 10.1. The van der Waals surface area contributed by atoms with Crippen molar-refractivity contribution in [3.8, 4) is 5.75 Å². The Bertz CT molecular complexity index is 723. The van der Waals surface area contributed by atoms with Gasteiger partial charge in [-0.15, -0.1) is 0 Å². The number of rotatable bonds is 8. The summed E-state index contributed by atoms with van der Waals surface area (Å²) in [6.45, 7) is 4.18. The summed E-state index contributed by atoms with van der Waals surface area (Å²) in [6.07, 6.45) is 5.57. The number of carbonyl (C=O) groups is 1. The maximum Gasteiger partial charge on any atom is 0.223 e. The van der Waals surface area contributed by atoms with Crippen LogP contribution in [0.3, 0.4) is 0 Å². The molecule has 1 fully saturated rings. The maximum atomic E-state index is 12.8. The molecule has 0 spiro atoms. The van der Waals surface area contributed by atoms with Gasteiger partial charge in [0.1, 0.15) is 11.6 Å². The average molecular weight is 384 g/mol. The third kappa shape index (κ3) is 6.97. The Morgan fingerprint density at radius 3 is 2.25 bits per heavy atom. The summed E-state index contributed by atoms with van der Waals surface area (Å²) in [6, 6.07) is 14.3. The van der Waals surface area contributed by atoms with E-state index in [-0.39, 0.29) is 24.8 Å². The predicted molar refractivity (Wildman–Crippen MR) is 109 cm³/mol. The molecule has 0 aromatic heterocycles. The van der Waals surface area contributed by atoms with E-state index in [1.807, 2.05) is 0 Å². The number of amides is 1. The highest BCUT2D eigenvalue weighted by atomic mass is 19.1. The van der Waals surface area contributed by atoms with Crippen LogP contribution < -0.4 is 10.1 Å². The van der Waals surface area contributed by atoms with E-state index in [0.717, 1.165) is 12.1 Å². The van der Waals surface area contributed by atoms with Crippen LogP contribution in [0.5, 0.6) is 5.75 Å². The lowest BCUT2D eigenvalue weighted by Crippen LogP contribution is -2.25. The van der Waals surface area contributed by atoms with E-state index in [4.69, 9.17) is 4.74 Å². The zero-order chi connectivity index (χ0) is 19.6. The Balaban J connectivity index is 1.35. The summed E-state index contributed by atoms with van der Waals surface area (Å²) in [4.78, 5) is 14.5. The van der Waals surface area contributed by atoms with E-state index in [0.29, 0.717) is 12.3 Å². The second kappa shape index (κ2) is 10.8. The maximum absolute atomic E-state index is 12.8. The third-order valence-electron chi connectivity index (χ3n) is 5.03. The number of benzene rings is 2. The summed E-state index contributed by atoms with van der Waals surface area (Å²) >= 11 is 0. The number of hydrogen-bond acceptors (Lipinski definition) is 3. The van der Waals surface area contributed by atoms with Crippen molar-refractivity contribution in [2.24, 2.45) is 0 Å². The molecule has 0 atom stereocenters. The number of nitrogens with one attached hydrogen (secondary N) is 1. The average Bonchev–Trinajstić information content (AvgIpc) is 2.98. The molecule has 5 heteroatoms. The van der Waals surface area contributed by atoms with Crippen LogP contribution >= 0.6 is 0 Å². The normalized spacial score (nSPS) is 15.0. The Hall–Kier alpha value is -2.40. The molecule has 1 saturated heterocycles. The van der Waals surface area contributed by atoms with Gasteiger partial charge in [0.2, 0.25) is 5.91 Å². The van der Waals surface area contributed by atoms with Crippen LogP contribution in [0.2, 0.25) is 0 Å². The lowest BCUT2D eigenvalue weighted by Gasteiger charge is -2.19. The largest absolute Gasteiger partial charge is 0.493 e. The minimum atomic E-state index is -0.303. The number of ether oxygens (including phenoxy) is 1. The van der Waals surface area contributed by atoms with Crippen LogP contribution in [-0.4, -0.2) is 30.5 Å². The predicted octanol–water partition coefficient (Wildman–Crippen LogP) is 4.29. The lowest BCUT2D eigenvalue weighted by molar-refractivity contribution is -0.121. The van der Waals surface area contributed by atoms with Gasteiger partial charge in [-0.1, -0.05) is 37.1 Å². The van der Waals surface area contributed by atoms with Crippen molar-refractivity contribution in [2.75, 3.05) is 19.7 Å². The van der Waals surface area contributed by atoms with Crippen molar-refractivity contribution in [1.29, 1.82) is 0 Å². The molecule has 0 saturated carbocycles. The van der Waals surface area contributed by atoms with Crippen molar-refractivity contribution < 1.29 is 13.9 Å². The van der Waals surface area contributed by atoms with Crippen LogP contribution in [0.1, 0.15) is 43.2 Å². The monoisotopic (exact) mass is 384 g/mol. The van der Waals surface area contributed by atoms with Gasteiger partial charge >= 0.3 is 0 Å². The van der Waals surface area contributed by atoms with Gasteiger partial charge in [-0.2, -0.15) is 0 Å². The molecule has 1 aliphatic heterocycles. The fourth-order valence-electron chi connectivity index (χ4n) is 3.40. The quantitative estimate of drug-likeness (QED) is 0.738. The Morgan fingerprint density at radius 2 is 1.57 bits per heavy atom. The lowest BCUT2D eigenvalue weighted by atomic mass is 10.1. The summed E-state index contributed by atoms with van der Waals surface area (Å²) in [5.74, 6) is 0.201. The van der Waals surface area contributed by atoms with Gasteiger partial charge in [0.05, 0.1) is 13.0 Å². The van der Waals surface area contributed by atoms with Crippen LogP contribution in [0, 0.1) is 5.82 Å². The van der Waals surface area contributed by atoms with Gasteiger partial charge in [0.25, 0.3) is 0 Å². The van der Waals surface area contributed by atoms with Crippen molar-refractivity contribution in [3.63, 3.8) is 0 Å². The molecular weight excluding hydrogens is 355 g/mol. The zero-order valence-corrected chi connectivity index (χ0v) is 16.3. The van der Waals surface area contributed by atoms with Gasteiger partial charge in [0, 0.05) is 13.1 Å². The summed E-state index contributed by atoms with van der Waals surface area (Å²) < 4.78 is 18.3. The topological polar surface area (TPSA) is 41.6 Å². The summed E-state index contributed by atoms with van der Waals surface area (Å²) in [5.41, 5.74) is 2.41. The molecule has 2 aromatic carbocycles. The molecule has 3 rings (SSSR count). The van der Waals surface area contributed by atoms with E-state index in [2.05, 4.69) is 34.5 Å². The molecule has 0 radical (unpaired) electrons. The van der Waals surface area contributed by atoms with Crippen molar-refractivity contribution in [1.82, 2.24) is 10.2 Å². The van der Waals surface area contributed by atoms with Gasteiger partial charge < -0.3 is 10.1 Å². The first kappa shape index (κ1) is 20.3. The van der Waals surface area contributed by atoms with Crippen LogP contribution in [0.4, 0.5) is 4.39 Å². The van der Waals surface area contributed by atoms with Crippen LogP contribution in [-0.2, 0) is 17.9 Å². The second-order valence-corrected chi connectivity index (χ2v) is 7.34. The van der Waals surface area contributed by atoms with E-state index in [1.54, 1.807) is 12.1 Å². The summed E-state index contributed by atoms with van der Waals surface area (Å²) in [7, 11) is 0. The van der Waals surface area contributed by atoms with E-state index in [9.17, 15) is 9.18 Å². The second-order valence-electron chi connectivity index (χ2n) is 7.34. The molecular formula is C23H29FN2O2. The molecule has 28 heavy (non-hydrogen) atoms. The first-order valence-electron chi connectivity index (χ1n) is 10.1. The Morgan fingerprint density at radius 1 is 0.929 bits per heavy atom. The van der Waals surface area contributed by atoms with Gasteiger partial charge in [-0.05, 0) is 61.3 Å². The molecule has 150 valence electrons. The Labute approximate surface area is 166 Å². The molecule has 1 amide bonds. The standard InChI is InChI=1S/C23H29FN2O2/c24-21-9-11-22(12-10-21)28-16-13-23(27)25-17-19-5-7-20(8-6-19)18-26-14-3-1-2-4-15-26/h5-12H,1-4,13-18H2,(H,25,27). The highest BCUT2D eigenvalue weighted by Gasteiger charge is 2.09. The highest BCUT2D eigenvalue weighted by Crippen LogP contribution is 2.14. The molecule has 2 aromatic rings. The van der Waals surface area contributed by atoms with Crippen molar-refractivity contribution in [2.45, 2.75) is 45.2 Å². The van der Waals surface area contributed by atoms with Crippen LogP contribution in [0.15, 0.2) is 48.5 Å². The van der Waals surface area contributed by atoms with Gasteiger partial charge in [0.15, 0.2) is 0 Å². The molecule has 0 unspecified atom stereocenters. The molecule has 0 aliphatic carbocycles. The number of likely N-dealkylation sites (tertiary alicyclic amines) is 1. The first-order chi connectivity index (χ1) is 13.7. The van der Waals surface area contributed by atoms with Gasteiger partial charge in [-0.3, -0.25) is 9.69 Å². The molecule has 4 nitrogen and oxygen atoms in total. The SMILES string of the molecule is O=C(CCOc1ccc(F)cc1)NCc1ccc(CN2CCCCCC2)cc1. The highest BCUT2D eigenvalue weighted by molar-refractivity contribution is 5.76.